The van der Waals surface area contributed by atoms with E-state index in [-0.39, 0.29) is 6.79 Å². The summed E-state index contributed by atoms with van der Waals surface area (Å²) < 4.78 is 17.0. The number of hydrogen-bond acceptors (Lipinski definition) is 6. The maximum atomic E-state index is 11.9. The van der Waals surface area contributed by atoms with Crippen molar-refractivity contribution in [2.75, 3.05) is 6.79 Å². The summed E-state index contributed by atoms with van der Waals surface area (Å²) >= 11 is 0. The van der Waals surface area contributed by atoms with Gasteiger partial charge in [-0.15, -0.1) is 0 Å². The second-order valence-electron chi connectivity index (χ2n) is 5.85. The van der Waals surface area contributed by atoms with Gasteiger partial charge in [-0.25, -0.2) is 0 Å². The Labute approximate surface area is 144 Å². The predicted molar refractivity (Wildman–Crippen MR) is 85.3 cm³/mol. The Bertz CT molecular complexity index is 890. The molecule has 0 amide bonds. The molecule has 3 aromatic rings. The molecule has 0 saturated carbocycles. The quantitative estimate of drug-likeness (QED) is 0.707. The lowest BCUT2D eigenvalue weighted by Crippen LogP contribution is -2.38. The molecule has 0 radical (unpaired) electrons. The molecule has 7 heteroatoms. The third-order valence-electron chi connectivity index (χ3n) is 4.03. The molecule has 0 saturated heterocycles. The van der Waals surface area contributed by atoms with Crippen LogP contribution in [0, 0.1) is 6.92 Å². The SMILES string of the molecule is Cc1ccc(-[n+]2noc([O-])c2CNCc2ccc3c(c2)OCO3)cc1. The number of benzene rings is 2. The van der Waals surface area contributed by atoms with Crippen molar-refractivity contribution in [2.45, 2.75) is 20.0 Å². The first kappa shape index (κ1) is 15.5. The van der Waals surface area contributed by atoms with Crippen LogP contribution < -0.4 is 24.6 Å². The largest absolute Gasteiger partial charge is 0.539 e. The van der Waals surface area contributed by atoms with Crippen LogP contribution in [0.15, 0.2) is 47.0 Å². The van der Waals surface area contributed by atoms with Gasteiger partial charge in [-0.2, -0.15) is 0 Å². The molecule has 25 heavy (non-hydrogen) atoms. The molecule has 7 nitrogen and oxygen atoms in total. The minimum absolute atomic E-state index is 0.253. The van der Waals surface area contributed by atoms with Gasteiger partial charge in [0.25, 0.3) is 5.69 Å². The predicted octanol–water partition coefficient (Wildman–Crippen LogP) is 1.35. The topological polar surface area (TPSA) is 83.5 Å². The highest BCUT2D eigenvalue weighted by Gasteiger charge is 2.20. The normalized spacial score (nSPS) is 12.5. The van der Waals surface area contributed by atoms with Gasteiger partial charge in [-0.3, -0.25) is 0 Å². The van der Waals surface area contributed by atoms with Crippen molar-refractivity contribution in [2.24, 2.45) is 0 Å². The summed E-state index contributed by atoms with van der Waals surface area (Å²) in [6.45, 7) is 3.17. The van der Waals surface area contributed by atoms with Crippen LogP contribution in [-0.4, -0.2) is 12.1 Å². The number of ether oxygens (including phenoxy) is 2. The lowest BCUT2D eigenvalue weighted by atomic mass is 10.2. The number of hydrogen-bond donors (Lipinski definition) is 1. The second-order valence-corrected chi connectivity index (χ2v) is 5.85. The molecular weight excluding hydrogens is 322 g/mol. The lowest BCUT2D eigenvalue weighted by molar-refractivity contribution is -0.677. The van der Waals surface area contributed by atoms with Gasteiger partial charge in [0, 0.05) is 18.7 Å². The molecule has 1 aliphatic rings. The fraction of sp³-hybridized carbons (Fsp3) is 0.222. The summed E-state index contributed by atoms with van der Waals surface area (Å²) in [5.74, 6) is 1.05. The molecule has 128 valence electrons. The van der Waals surface area contributed by atoms with E-state index in [9.17, 15) is 5.11 Å². The van der Waals surface area contributed by atoms with Crippen molar-refractivity contribution in [1.82, 2.24) is 10.6 Å². The highest BCUT2D eigenvalue weighted by molar-refractivity contribution is 5.44. The first-order valence-electron chi connectivity index (χ1n) is 7.95. The molecule has 0 aliphatic carbocycles. The number of nitrogens with one attached hydrogen (secondary N) is 1. The highest BCUT2D eigenvalue weighted by Crippen LogP contribution is 2.32. The minimum atomic E-state index is -0.446. The Morgan fingerprint density at radius 2 is 1.88 bits per heavy atom. The standard InChI is InChI=1S/C18H17N3O4/c1-12-2-5-14(6-3-12)21-15(18(22)25-20-21)10-19-9-13-4-7-16-17(8-13)24-11-23-16/h2-8,19H,9-11H2,1H3. The molecule has 1 N–H and O–H groups in total. The first-order chi connectivity index (χ1) is 12.2. The number of fused-ring (bicyclic) bond motifs is 1. The van der Waals surface area contributed by atoms with Crippen LogP contribution in [0.1, 0.15) is 16.8 Å². The van der Waals surface area contributed by atoms with E-state index in [1.807, 2.05) is 49.4 Å². The zero-order valence-corrected chi connectivity index (χ0v) is 13.7. The fourth-order valence-electron chi connectivity index (χ4n) is 2.68. The summed E-state index contributed by atoms with van der Waals surface area (Å²) in [7, 11) is 0. The maximum Gasteiger partial charge on any atom is 0.253 e. The average molecular weight is 339 g/mol. The summed E-state index contributed by atoms with van der Waals surface area (Å²) in [5, 5.41) is 19.0. The van der Waals surface area contributed by atoms with E-state index in [4.69, 9.17) is 14.0 Å². The second kappa shape index (κ2) is 6.45. The molecule has 2 aromatic carbocycles. The van der Waals surface area contributed by atoms with Gasteiger partial charge in [0.15, 0.2) is 17.4 Å². The maximum absolute atomic E-state index is 11.9. The first-order valence-corrected chi connectivity index (χ1v) is 7.95. The van der Waals surface area contributed by atoms with E-state index in [0.29, 0.717) is 18.8 Å². The molecule has 1 aromatic heterocycles. The van der Waals surface area contributed by atoms with Crippen molar-refractivity contribution in [1.29, 1.82) is 0 Å². The lowest BCUT2D eigenvalue weighted by Gasteiger charge is -2.05. The minimum Gasteiger partial charge on any atom is -0.539 e. The Balaban J connectivity index is 1.46. The van der Waals surface area contributed by atoms with Crippen LogP contribution in [0.4, 0.5) is 0 Å². The van der Waals surface area contributed by atoms with Gasteiger partial charge >= 0.3 is 0 Å². The van der Waals surface area contributed by atoms with E-state index in [1.54, 1.807) is 0 Å². The number of nitrogens with zero attached hydrogens (tertiary/aromatic N) is 2. The fourth-order valence-corrected chi connectivity index (χ4v) is 2.68. The molecule has 0 spiro atoms. The molecule has 1 aliphatic heterocycles. The van der Waals surface area contributed by atoms with Gasteiger partial charge < -0.3 is 24.4 Å². The van der Waals surface area contributed by atoms with E-state index < -0.39 is 5.95 Å². The van der Waals surface area contributed by atoms with Crippen LogP contribution >= 0.6 is 0 Å². The van der Waals surface area contributed by atoms with Crippen LogP contribution in [0.2, 0.25) is 0 Å². The molecule has 4 rings (SSSR count). The van der Waals surface area contributed by atoms with Crippen molar-refractivity contribution in [3.8, 4) is 23.1 Å². The third kappa shape index (κ3) is 3.14. The number of rotatable bonds is 5. The third-order valence-corrected chi connectivity index (χ3v) is 4.03. The van der Waals surface area contributed by atoms with E-state index in [1.165, 1.54) is 4.68 Å². The zero-order valence-electron chi connectivity index (χ0n) is 13.7. The summed E-state index contributed by atoms with van der Waals surface area (Å²) in [5.41, 5.74) is 3.41. The van der Waals surface area contributed by atoms with E-state index >= 15 is 0 Å². The Morgan fingerprint density at radius 1 is 1.08 bits per heavy atom. The van der Waals surface area contributed by atoms with Crippen molar-refractivity contribution < 1.29 is 23.8 Å². The molecule has 0 bridgehead atoms. The monoisotopic (exact) mass is 339 g/mol. The van der Waals surface area contributed by atoms with Gasteiger partial charge in [-0.05, 0) is 29.3 Å². The summed E-state index contributed by atoms with van der Waals surface area (Å²) in [6, 6.07) is 13.5. The van der Waals surface area contributed by atoms with Gasteiger partial charge in [0.05, 0.1) is 11.8 Å². The smallest absolute Gasteiger partial charge is 0.253 e. The number of aromatic nitrogens is 2. The molecule has 0 atom stereocenters. The van der Waals surface area contributed by atoms with E-state index in [0.717, 1.165) is 28.3 Å². The Kier molecular flexibility index (Phi) is 3.99. The molecular formula is C18H17N3O4. The van der Waals surface area contributed by atoms with Gasteiger partial charge in [0.1, 0.15) is 0 Å². The molecule has 0 unspecified atom stereocenters. The van der Waals surface area contributed by atoms with Crippen molar-refractivity contribution in [3.63, 3.8) is 0 Å². The number of aryl methyl sites for hydroxylation is 1. The van der Waals surface area contributed by atoms with Gasteiger partial charge in [-0.1, -0.05) is 23.8 Å². The Hall–Kier alpha value is -3.06. The zero-order chi connectivity index (χ0) is 17.2. The van der Waals surface area contributed by atoms with Crippen LogP contribution in [0.3, 0.4) is 0 Å². The molecule has 0 fully saturated rings. The Morgan fingerprint density at radius 3 is 2.72 bits per heavy atom. The highest BCUT2D eigenvalue weighted by atomic mass is 16.7. The van der Waals surface area contributed by atoms with E-state index in [2.05, 4.69) is 10.6 Å². The van der Waals surface area contributed by atoms with Crippen LogP contribution in [0.5, 0.6) is 17.4 Å². The molecule has 2 heterocycles. The summed E-state index contributed by atoms with van der Waals surface area (Å²) in [6.07, 6.45) is 0. The van der Waals surface area contributed by atoms with Gasteiger partial charge in [0.2, 0.25) is 12.5 Å². The van der Waals surface area contributed by atoms with Crippen LogP contribution in [-0.2, 0) is 13.1 Å². The average Bonchev–Trinajstić information content (AvgIpc) is 3.22. The van der Waals surface area contributed by atoms with Crippen LogP contribution in [0.25, 0.3) is 5.69 Å². The van der Waals surface area contributed by atoms with Crippen molar-refractivity contribution in [3.05, 3.63) is 59.3 Å². The summed E-state index contributed by atoms with van der Waals surface area (Å²) in [4.78, 5) is 0. The van der Waals surface area contributed by atoms with Crippen molar-refractivity contribution >= 4 is 0 Å².